The number of phenolic OH excluding ortho intramolecular Hbond substituents is 1. The number of carbonyl (C=O) groups is 4. The average Bonchev–Trinajstić information content (AvgIpc) is 3.70. The Balaban J connectivity index is 1.51. The molecule has 1 aromatic heterocycles. The van der Waals surface area contributed by atoms with E-state index < -0.39 is 47.6 Å². The van der Waals surface area contributed by atoms with Crippen molar-refractivity contribution in [2.45, 2.75) is 109 Å². The number of carboxylic acids is 1. The Labute approximate surface area is 328 Å². The first-order valence-electron chi connectivity index (χ1n) is 19.1. The van der Waals surface area contributed by atoms with Gasteiger partial charge in [0, 0.05) is 29.6 Å². The van der Waals surface area contributed by atoms with E-state index in [-0.39, 0.29) is 54.7 Å². The van der Waals surface area contributed by atoms with Crippen LogP contribution < -0.4 is 10.6 Å². The fourth-order valence-electron chi connectivity index (χ4n) is 7.56. The SMILES string of the molecule is CCC(C)[C@H](NC(=O)C12C[C@H]1CCCN2C)C(=O)N(COCCS)[C@H](C[C@@H](O)c1nc(C(=O)N[C@@H](Cc2ccc(O)cc2)C[C@H](C)C(=O)O)cs1)C(C)C. The molecule has 5 N–H and O–H groups in total. The van der Waals surface area contributed by atoms with E-state index in [0.717, 1.165) is 42.7 Å². The summed E-state index contributed by atoms with van der Waals surface area (Å²) >= 11 is 5.40. The summed E-state index contributed by atoms with van der Waals surface area (Å²) in [6.07, 6.45) is 3.01. The van der Waals surface area contributed by atoms with Crippen molar-refractivity contribution in [2.75, 3.05) is 32.7 Å². The number of carboxylic acid groups (broad SMARTS) is 1. The lowest BCUT2D eigenvalue weighted by atomic mass is 9.92. The van der Waals surface area contributed by atoms with Gasteiger partial charge in [0.1, 0.15) is 40.9 Å². The summed E-state index contributed by atoms with van der Waals surface area (Å²) in [5.41, 5.74) is 0.333. The van der Waals surface area contributed by atoms with Crippen LogP contribution >= 0.6 is 24.0 Å². The number of nitrogens with one attached hydrogen (secondary N) is 2. The number of amides is 3. The second kappa shape index (κ2) is 19.6. The van der Waals surface area contributed by atoms with Crippen LogP contribution in [0.5, 0.6) is 5.75 Å². The van der Waals surface area contributed by atoms with Crippen molar-refractivity contribution in [2.24, 2.45) is 23.7 Å². The maximum absolute atomic E-state index is 14.6. The number of nitrogens with zero attached hydrogens (tertiary/aromatic N) is 3. The third-order valence-corrected chi connectivity index (χ3v) is 12.3. The number of piperidine rings is 1. The standard InChI is InChI=1S/C39H59N5O8S2/c1-7-24(4)33(42-38(51)39-20-27(39)9-8-14-43(39)6)36(48)44(22-52-15-16-53)31(23(2)3)19-32(46)35-41-30(21-54-35)34(47)40-28(17-25(5)37(49)50)18-26-10-12-29(45)13-11-26/h10-13,21,23-25,27-28,31-33,45-46,53H,7-9,14-20,22H2,1-6H3,(H,40,47)(H,42,51)(H,49,50)/t24?,25-,27+,28+,31+,32+,33-,39?/m0/s1. The van der Waals surface area contributed by atoms with E-state index >= 15 is 0 Å². The molecule has 0 bridgehead atoms. The molecule has 0 radical (unpaired) electrons. The van der Waals surface area contributed by atoms with Crippen LogP contribution in [-0.4, -0.2) is 110 Å². The Morgan fingerprint density at radius 3 is 2.44 bits per heavy atom. The van der Waals surface area contributed by atoms with Crippen LogP contribution in [0.4, 0.5) is 0 Å². The van der Waals surface area contributed by atoms with Gasteiger partial charge in [-0.05, 0) is 81.1 Å². The number of rotatable bonds is 21. The van der Waals surface area contributed by atoms with Crippen molar-refractivity contribution in [3.63, 3.8) is 0 Å². The number of likely N-dealkylation sites (N-methyl/N-ethyl adjacent to an activating group) is 1. The number of aliphatic hydroxyl groups is 1. The molecule has 1 aromatic carbocycles. The highest BCUT2D eigenvalue weighted by atomic mass is 32.1. The van der Waals surface area contributed by atoms with Gasteiger partial charge in [0.05, 0.1) is 12.5 Å². The number of phenols is 1. The Morgan fingerprint density at radius 2 is 1.83 bits per heavy atom. The first-order chi connectivity index (χ1) is 25.6. The second-order valence-electron chi connectivity index (χ2n) is 15.4. The quantitative estimate of drug-likeness (QED) is 0.0599. The van der Waals surface area contributed by atoms with Crippen LogP contribution in [0.25, 0.3) is 0 Å². The molecule has 1 aliphatic carbocycles. The van der Waals surface area contributed by atoms with Crippen molar-refractivity contribution in [3.8, 4) is 5.75 Å². The molecular formula is C39H59N5O8S2. The summed E-state index contributed by atoms with van der Waals surface area (Å²) in [5.74, 6) is -2.02. The third kappa shape index (κ3) is 10.7. The first kappa shape index (κ1) is 43.5. The van der Waals surface area contributed by atoms with E-state index in [4.69, 9.17) is 4.74 Å². The molecule has 15 heteroatoms. The molecule has 54 heavy (non-hydrogen) atoms. The molecule has 4 rings (SSSR count). The molecule has 2 aliphatic rings. The van der Waals surface area contributed by atoms with E-state index in [1.54, 1.807) is 29.3 Å². The minimum absolute atomic E-state index is 0.0475. The van der Waals surface area contributed by atoms with Crippen molar-refractivity contribution >= 4 is 47.7 Å². The van der Waals surface area contributed by atoms with Gasteiger partial charge in [-0.3, -0.25) is 24.1 Å². The van der Waals surface area contributed by atoms with E-state index in [2.05, 4.69) is 33.1 Å². The van der Waals surface area contributed by atoms with Gasteiger partial charge < -0.3 is 35.6 Å². The Hall–Kier alpha value is -3.24. The van der Waals surface area contributed by atoms with Gasteiger partial charge in [-0.2, -0.15) is 12.6 Å². The van der Waals surface area contributed by atoms with Crippen LogP contribution in [0.1, 0.15) is 100 Å². The highest BCUT2D eigenvalue weighted by molar-refractivity contribution is 7.80. The zero-order valence-electron chi connectivity index (χ0n) is 32.4. The zero-order chi connectivity index (χ0) is 39.7. The Bertz CT molecular complexity index is 1570. The predicted molar refractivity (Wildman–Crippen MR) is 210 cm³/mol. The smallest absolute Gasteiger partial charge is 0.306 e. The molecular weight excluding hydrogens is 731 g/mol. The summed E-state index contributed by atoms with van der Waals surface area (Å²) in [5, 5.41) is 38.7. The summed E-state index contributed by atoms with van der Waals surface area (Å²) in [6, 6.07) is 4.68. The largest absolute Gasteiger partial charge is 0.508 e. The minimum Gasteiger partial charge on any atom is -0.508 e. The van der Waals surface area contributed by atoms with Gasteiger partial charge >= 0.3 is 5.97 Å². The summed E-state index contributed by atoms with van der Waals surface area (Å²) in [6.45, 7) is 10.6. The molecule has 300 valence electrons. The molecule has 0 spiro atoms. The van der Waals surface area contributed by atoms with Crippen LogP contribution in [-0.2, 0) is 25.5 Å². The lowest BCUT2D eigenvalue weighted by Crippen LogP contribution is -2.60. The molecule has 2 unspecified atom stereocenters. The Kier molecular flexibility index (Phi) is 15.8. The lowest BCUT2D eigenvalue weighted by molar-refractivity contribution is -0.149. The number of ether oxygens (including phenoxy) is 1. The molecule has 2 aromatic rings. The van der Waals surface area contributed by atoms with E-state index in [9.17, 15) is 34.5 Å². The number of benzene rings is 1. The number of fused-ring (bicyclic) bond motifs is 1. The number of thiol groups is 1. The van der Waals surface area contributed by atoms with Gasteiger partial charge in [0.15, 0.2) is 0 Å². The van der Waals surface area contributed by atoms with E-state index in [1.165, 1.54) is 12.1 Å². The van der Waals surface area contributed by atoms with Crippen molar-refractivity contribution in [1.82, 2.24) is 25.4 Å². The highest BCUT2D eigenvalue weighted by Crippen LogP contribution is 2.53. The van der Waals surface area contributed by atoms with Crippen LogP contribution in [0.2, 0.25) is 0 Å². The fraction of sp³-hybridized carbons (Fsp3) is 0.667. The van der Waals surface area contributed by atoms with Crippen LogP contribution in [0, 0.1) is 23.7 Å². The maximum Gasteiger partial charge on any atom is 0.306 e. The van der Waals surface area contributed by atoms with E-state index in [0.29, 0.717) is 36.1 Å². The third-order valence-electron chi connectivity index (χ3n) is 11.2. The number of aromatic nitrogens is 1. The van der Waals surface area contributed by atoms with Crippen LogP contribution in [0.15, 0.2) is 29.6 Å². The second-order valence-corrected chi connectivity index (χ2v) is 16.8. The monoisotopic (exact) mass is 789 g/mol. The van der Waals surface area contributed by atoms with Crippen molar-refractivity contribution in [3.05, 3.63) is 45.9 Å². The zero-order valence-corrected chi connectivity index (χ0v) is 34.1. The van der Waals surface area contributed by atoms with Crippen molar-refractivity contribution in [1.29, 1.82) is 0 Å². The van der Waals surface area contributed by atoms with Gasteiger partial charge in [-0.25, -0.2) is 4.98 Å². The molecule has 8 atom stereocenters. The average molecular weight is 790 g/mol. The van der Waals surface area contributed by atoms with Crippen LogP contribution in [0.3, 0.4) is 0 Å². The molecule has 3 amide bonds. The number of hydrogen-bond acceptors (Lipinski definition) is 11. The van der Waals surface area contributed by atoms with Gasteiger partial charge in [0.25, 0.3) is 5.91 Å². The van der Waals surface area contributed by atoms with Gasteiger partial charge in [-0.1, -0.05) is 53.2 Å². The number of aliphatic carboxylic acids is 1. The molecule has 1 aliphatic heterocycles. The molecule has 2 fully saturated rings. The fourth-order valence-corrected chi connectivity index (χ4v) is 8.49. The first-order valence-corrected chi connectivity index (χ1v) is 20.6. The predicted octanol–water partition coefficient (Wildman–Crippen LogP) is 4.50. The Morgan fingerprint density at radius 1 is 1.13 bits per heavy atom. The lowest BCUT2D eigenvalue weighted by Gasteiger charge is -2.39. The molecule has 2 heterocycles. The number of hydrogen-bond donors (Lipinski definition) is 6. The summed E-state index contributed by atoms with van der Waals surface area (Å²) in [4.78, 5) is 61.8. The maximum atomic E-state index is 14.6. The topological polar surface area (TPSA) is 182 Å². The summed E-state index contributed by atoms with van der Waals surface area (Å²) < 4.78 is 5.89. The van der Waals surface area contributed by atoms with E-state index in [1.807, 2.05) is 34.7 Å². The number of carbonyl (C=O) groups excluding carboxylic acids is 3. The molecule has 13 nitrogen and oxygen atoms in total. The molecule has 1 saturated carbocycles. The number of likely N-dealkylation sites (tertiary alicyclic amines) is 1. The minimum atomic E-state index is -1.12. The molecule has 1 saturated heterocycles. The van der Waals surface area contributed by atoms with Gasteiger partial charge in [-0.15, -0.1) is 11.3 Å². The van der Waals surface area contributed by atoms with Crippen molar-refractivity contribution < 1.29 is 39.2 Å². The highest BCUT2D eigenvalue weighted by Gasteiger charge is 2.64. The number of aromatic hydroxyl groups is 1. The van der Waals surface area contributed by atoms with Gasteiger partial charge in [0.2, 0.25) is 11.8 Å². The summed E-state index contributed by atoms with van der Waals surface area (Å²) in [7, 11) is 1.98. The number of aliphatic hydroxyl groups excluding tert-OH is 1. The number of thiazole rings is 1. The normalized spacial score (nSPS) is 21.6.